The molecule has 24 nitrogen and oxygen atoms in total. The Balaban J connectivity index is 1.37. The molecular formula is C33H40N4O20. The van der Waals surface area contributed by atoms with Gasteiger partial charge in [-0.15, -0.1) is 20.3 Å². The van der Waals surface area contributed by atoms with E-state index in [0.717, 1.165) is 0 Å². The molecule has 4 saturated heterocycles. The Bertz CT molecular complexity index is 1340. The van der Waals surface area contributed by atoms with Crippen molar-refractivity contribution in [3.05, 3.63) is 0 Å². The lowest BCUT2D eigenvalue weighted by Crippen LogP contribution is -2.35. The highest BCUT2D eigenvalue weighted by atomic mass is 16.7. The number of hydrogen-bond acceptors (Lipinski definition) is 20. The summed E-state index contributed by atoms with van der Waals surface area (Å²) in [7, 11) is 0. The van der Waals surface area contributed by atoms with Crippen LogP contribution in [0.2, 0.25) is 0 Å². The highest BCUT2D eigenvalue weighted by molar-refractivity contribution is 6.03. The van der Waals surface area contributed by atoms with E-state index in [9.17, 15) is 57.5 Å². The quantitative estimate of drug-likeness (QED) is 0.0754. The van der Waals surface area contributed by atoms with Gasteiger partial charge in [-0.3, -0.25) is 38.4 Å². The van der Waals surface area contributed by atoms with Crippen LogP contribution >= 0.6 is 0 Å². The first-order chi connectivity index (χ1) is 27.2. The molecule has 4 fully saturated rings. The minimum absolute atomic E-state index is 0.0711. The molecule has 0 aromatic heterocycles. The molecule has 0 N–H and O–H groups in total. The first-order valence-electron chi connectivity index (χ1n) is 17.8. The van der Waals surface area contributed by atoms with Gasteiger partial charge in [-0.25, -0.2) is 19.2 Å². The van der Waals surface area contributed by atoms with E-state index in [4.69, 9.17) is 38.3 Å². The summed E-state index contributed by atoms with van der Waals surface area (Å²) in [6, 6.07) is 0. The largest absolute Gasteiger partial charge is 0.370 e. The van der Waals surface area contributed by atoms with Gasteiger partial charge in [0.05, 0.1) is 0 Å². The first kappa shape index (κ1) is 44.0. The van der Waals surface area contributed by atoms with Gasteiger partial charge in [0.25, 0.3) is 47.3 Å². The molecule has 4 heterocycles. The normalized spacial score (nSPS) is 17.4. The van der Waals surface area contributed by atoms with Crippen LogP contribution in [0.4, 0.5) is 0 Å². The van der Waals surface area contributed by atoms with E-state index in [1.165, 1.54) is 0 Å². The summed E-state index contributed by atoms with van der Waals surface area (Å²) in [6.07, 6.45) is -0.665. The molecule has 312 valence electrons. The first-order valence-corrected chi connectivity index (χ1v) is 17.8. The van der Waals surface area contributed by atoms with Crippen molar-refractivity contribution in [2.24, 2.45) is 5.41 Å². The number of carbonyl (C=O) groups is 12. The van der Waals surface area contributed by atoms with Crippen molar-refractivity contribution in [2.45, 2.75) is 77.0 Å². The summed E-state index contributed by atoms with van der Waals surface area (Å²) in [6.45, 7) is -3.46. The predicted octanol–water partition coefficient (Wildman–Crippen LogP) is -1.97. The summed E-state index contributed by atoms with van der Waals surface area (Å²) < 4.78 is 21.9. The SMILES string of the molecule is O=C(COCCC(CCOCC(=O)ON1C(=O)CCC1=O)(CCOCC(=O)ON1C(=O)CCC1=O)CCOCC(=O)ON1C(=O)CCC1=O)ON1C(=O)CCC1=O. The van der Waals surface area contributed by atoms with Gasteiger partial charge in [-0.2, -0.15) is 0 Å². The summed E-state index contributed by atoms with van der Waals surface area (Å²) >= 11 is 0. The standard InChI is InChI=1S/C33H40N4O20/c38-21-1-2-22(39)34(21)54-29(46)17-50-13-9-33(10-14-51-18-30(47)55-35-23(40)3-4-24(35)41,11-15-52-19-31(48)56-36-25(42)5-6-26(36)43)12-16-53-20-32(49)57-37-27(44)7-8-28(37)45/h1-20H2. The highest BCUT2D eigenvalue weighted by Crippen LogP contribution is 2.36. The Kier molecular flexibility index (Phi) is 16.2. The molecule has 8 amide bonds. The van der Waals surface area contributed by atoms with E-state index in [0.29, 0.717) is 20.3 Å². The Labute approximate surface area is 322 Å². The monoisotopic (exact) mass is 812 g/mol. The average Bonchev–Trinajstić information content (AvgIpc) is 3.88. The molecule has 24 heteroatoms. The smallest absolute Gasteiger partial charge is 0.358 e. The van der Waals surface area contributed by atoms with Crippen LogP contribution < -0.4 is 0 Å². The minimum atomic E-state index is -1.05. The molecule has 0 atom stereocenters. The second-order valence-electron chi connectivity index (χ2n) is 12.9. The zero-order chi connectivity index (χ0) is 41.5. The maximum atomic E-state index is 12.3. The van der Waals surface area contributed by atoms with Crippen LogP contribution in [0.25, 0.3) is 0 Å². The summed E-state index contributed by atoms with van der Waals surface area (Å²) in [5.41, 5.74) is -0.981. The number of rotatable bonds is 24. The number of hydrogen-bond donors (Lipinski definition) is 0. The van der Waals surface area contributed by atoms with Crippen LogP contribution in [0.15, 0.2) is 0 Å². The van der Waals surface area contributed by atoms with E-state index in [-0.39, 0.29) is 103 Å². The van der Waals surface area contributed by atoms with Crippen LogP contribution in [-0.2, 0) is 95.8 Å². The Morgan fingerprint density at radius 1 is 0.351 bits per heavy atom. The van der Waals surface area contributed by atoms with Crippen molar-refractivity contribution < 1.29 is 95.8 Å². The lowest BCUT2D eigenvalue weighted by Gasteiger charge is -2.34. The predicted molar refractivity (Wildman–Crippen MR) is 173 cm³/mol. The lowest BCUT2D eigenvalue weighted by atomic mass is 9.76. The molecular weight excluding hydrogens is 772 g/mol. The average molecular weight is 813 g/mol. The number of nitrogens with zero attached hydrogens (tertiary/aromatic N) is 4. The van der Waals surface area contributed by atoms with E-state index in [2.05, 4.69) is 0 Å². The number of hydroxylamine groups is 8. The van der Waals surface area contributed by atoms with Crippen LogP contribution in [0.5, 0.6) is 0 Å². The fourth-order valence-electron chi connectivity index (χ4n) is 5.67. The second kappa shape index (κ2) is 21.0. The third-order valence-corrected chi connectivity index (χ3v) is 8.78. The molecule has 4 aliphatic heterocycles. The van der Waals surface area contributed by atoms with Crippen molar-refractivity contribution in [3.63, 3.8) is 0 Å². The van der Waals surface area contributed by atoms with Gasteiger partial charge in [0.1, 0.15) is 26.4 Å². The molecule has 0 aliphatic carbocycles. The third kappa shape index (κ3) is 13.2. The topological polar surface area (TPSA) is 292 Å². The fourth-order valence-corrected chi connectivity index (χ4v) is 5.67. The van der Waals surface area contributed by atoms with Gasteiger partial charge in [0, 0.05) is 77.8 Å². The lowest BCUT2D eigenvalue weighted by molar-refractivity contribution is -0.201. The minimum Gasteiger partial charge on any atom is -0.370 e. The molecule has 0 aromatic rings. The van der Waals surface area contributed by atoms with Gasteiger partial charge >= 0.3 is 23.9 Å². The van der Waals surface area contributed by atoms with E-state index in [1.54, 1.807) is 0 Å². The van der Waals surface area contributed by atoms with Gasteiger partial charge in [-0.1, -0.05) is 0 Å². The molecule has 0 bridgehead atoms. The summed E-state index contributed by atoms with van der Waals surface area (Å²) in [4.78, 5) is 163. The van der Waals surface area contributed by atoms with Gasteiger partial charge in [-0.05, 0) is 31.1 Å². The molecule has 57 heavy (non-hydrogen) atoms. The molecule has 4 rings (SSSR count). The zero-order valence-electron chi connectivity index (χ0n) is 30.6. The van der Waals surface area contributed by atoms with Crippen molar-refractivity contribution in [2.75, 3.05) is 52.9 Å². The Morgan fingerprint density at radius 2 is 0.526 bits per heavy atom. The van der Waals surface area contributed by atoms with Gasteiger partial charge in [0.15, 0.2) is 0 Å². The van der Waals surface area contributed by atoms with Crippen molar-refractivity contribution in [3.8, 4) is 0 Å². The zero-order valence-corrected chi connectivity index (χ0v) is 30.6. The van der Waals surface area contributed by atoms with Crippen molar-refractivity contribution >= 4 is 71.1 Å². The van der Waals surface area contributed by atoms with Crippen LogP contribution in [-0.4, -0.2) is 144 Å². The number of ether oxygens (including phenoxy) is 4. The van der Waals surface area contributed by atoms with E-state index >= 15 is 0 Å². The number of amides is 8. The van der Waals surface area contributed by atoms with Crippen LogP contribution in [0.1, 0.15) is 77.0 Å². The second-order valence-corrected chi connectivity index (χ2v) is 12.9. The molecule has 0 radical (unpaired) electrons. The van der Waals surface area contributed by atoms with Crippen LogP contribution in [0.3, 0.4) is 0 Å². The maximum absolute atomic E-state index is 12.3. The number of carbonyl (C=O) groups excluding carboxylic acids is 12. The van der Waals surface area contributed by atoms with Crippen LogP contribution in [0, 0.1) is 5.41 Å². The van der Waals surface area contributed by atoms with Crippen molar-refractivity contribution in [1.29, 1.82) is 0 Å². The Hall–Kier alpha value is -5.72. The third-order valence-electron chi connectivity index (χ3n) is 8.78. The van der Waals surface area contributed by atoms with E-state index < -0.39 is 103 Å². The molecule has 0 saturated carbocycles. The van der Waals surface area contributed by atoms with E-state index in [1.807, 2.05) is 0 Å². The molecule has 0 aromatic carbocycles. The van der Waals surface area contributed by atoms with Crippen molar-refractivity contribution in [1.82, 2.24) is 20.3 Å². The molecule has 0 unspecified atom stereocenters. The Morgan fingerprint density at radius 3 is 0.702 bits per heavy atom. The molecule has 4 aliphatic rings. The highest BCUT2D eigenvalue weighted by Gasteiger charge is 2.37. The maximum Gasteiger partial charge on any atom is 0.358 e. The number of imide groups is 4. The summed E-state index contributed by atoms with van der Waals surface area (Å²) in [5, 5.41) is 1.40. The summed E-state index contributed by atoms with van der Waals surface area (Å²) in [5.74, 6) is -9.74. The van der Waals surface area contributed by atoms with Gasteiger partial charge < -0.3 is 38.3 Å². The van der Waals surface area contributed by atoms with Gasteiger partial charge in [0.2, 0.25) is 0 Å². The fraction of sp³-hybridized carbons (Fsp3) is 0.636. The molecule has 0 spiro atoms.